The monoisotopic (exact) mass is 423 g/mol. The number of hydrogen-bond acceptors (Lipinski definition) is 4. The van der Waals surface area contributed by atoms with Crippen molar-refractivity contribution in [1.29, 1.82) is 0 Å². The van der Waals surface area contributed by atoms with Crippen molar-refractivity contribution in [3.63, 3.8) is 0 Å². The van der Waals surface area contributed by atoms with E-state index in [1.807, 2.05) is 38.1 Å². The molecule has 0 aliphatic carbocycles. The van der Waals surface area contributed by atoms with Crippen molar-refractivity contribution in [3.8, 4) is 5.69 Å². The van der Waals surface area contributed by atoms with Gasteiger partial charge in [0.15, 0.2) is 0 Å². The summed E-state index contributed by atoms with van der Waals surface area (Å²) in [5.74, 6) is -2.33. The number of rotatable bonds is 4. The van der Waals surface area contributed by atoms with Gasteiger partial charge >= 0.3 is 6.18 Å². The predicted octanol–water partition coefficient (Wildman–Crippen LogP) is 2.97. The van der Waals surface area contributed by atoms with Crippen molar-refractivity contribution in [3.05, 3.63) is 41.5 Å². The zero-order valence-electron chi connectivity index (χ0n) is 17.0. The van der Waals surface area contributed by atoms with Gasteiger partial charge in [-0.3, -0.25) is 9.59 Å². The molecule has 1 saturated heterocycles. The number of likely N-dealkylation sites (tertiary alicyclic amines) is 1. The molecule has 2 amide bonds. The average molecular weight is 423 g/mol. The maximum Gasteiger partial charge on any atom is 0.408 e. The van der Waals surface area contributed by atoms with E-state index in [1.54, 1.807) is 6.92 Å². The Morgan fingerprint density at radius 3 is 2.47 bits per heavy atom. The fourth-order valence-corrected chi connectivity index (χ4v) is 3.77. The van der Waals surface area contributed by atoms with Gasteiger partial charge in [-0.15, -0.1) is 5.10 Å². The molecule has 7 nitrogen and oxygen atoms in total. The molecule has 2 heterocycles. The number of amides is 2. The van der Waals surface area contributed by atoms with Crippen molar-refractivity contribution in [2.24, 2.45) is 11.7 Å². The third-order valence-corrected chi connectivity index (χ3v) is 5.37. The van der Waals surface area contributed by atoms with Gasteiger partial charge < -0.3 is 10.6 Å². The molecule has 1 aliphatic heterocycles. The second-order valence-corrected chi connectivity index (χ2v) is 7.80. The lowest BCUT2D eigenvalue weighted by Gasteiger charge is -2.38. The van der Waals surface area contributed by atoms with Gasteiger partial charge in [0, 0.05) is 6.54 Å². The number of aryl methyl sites for hydroxylation is 1. The zero-order chi connectivity index (χ0) is 22.2. The smallest absolute Gasteiger partial charge is 0.369 e. The fourth-order valence-electron chi connectivity index (χ4n) is 3.77. The van der Waals surface area contributed by atoms with Crippen LogP contribution in [0.3, 0.4) is 0 Å². The van der Waals surface area contributed by atoms with Gasteiger partial charge in [0.2, 0.25) is 11.7 Å². The van der Waals surface area contributed by atoms with Crippen molar-refractivity contribution < 1.29 is 22.8 Å². The molecule has 0 unspecified atom stereocenters. The molecule has 30 heavy (non-hydrogen) atoms. The van der Waals surface area contributed by atoms with Gasteiger partial charge in [0.05, 0.1) is 11.6 Å². The molecule has 0 saturated carbocycles. The SMILES string of the molecule is Cc1nc(C(=O)N2C[C@H](C(N)=O)CC[C@H]2C(F)(F)F)nn1-c1ccccc1C(C)C. The Bertz CT molecular complexity index is 954. The van der Waals surface area contributed by atoms with E-state index in [2.05, 4.69) is 10.1 Å². The minimum absolute atomic E-state index is 0.0219. The maximum atomic E-state index is 13.5. The third-order valence-electron chi connectivity index (χ3n) is 5.37. The van der Waals surface area contributed by atoms with E-state index in [0.29, 0.717) is 16.4 Å². The summed E-state index contributed by atoms with van der Waals surface area (Å²) in [6, 6.07) is 5.42. The summed E-state index contributed by atoms with van der Waals surface area (Å²) in [5.41, 5.74) is 6.95. The number of halogens is 3. The number of primary amides is 1. The number of para-hydroxylation sites is 1. The number of carbonyl (C=O) groups is 2. The van der Waals surface area contributed by atoms with E-state index < -0.39 is 42.9 Å². The minimum atomic E-state index is -4.62. The number of alkyl halides is 3. The number of hydrogen-bond donors (Lipinski definition) is 1. The number of nitrogens with two attached hydrogens (primary N) is 1. The number of piperidine rings is 1. The quantitative estimate of drug-likeness (QED) is 0.818. The number of benzene rings is 1. The second kappa shape index (κ2) is 8.08. The molecular weight excluding hydrogens is 399 g/mol. The molecule has 0 radical (unpaired) electrons. The summed E-state index contributed by atoms with van der Waals surface area (Å²) in [4.78, 5) is 29.3. The van der Waals surface area contributed by atoms with Crippen LogP contribution in [0, 0.1) is 12.8 Å². The molecule has 1 aromatic carbocycles. The molecule has 0 spiro atoms. The van der Waals surface area contributed by atoms with E-state index in [0.717, 1.165) is 5.56 Å². The summed E-state index contributed by atoms with van der Waals surface area (Å²) < 4.78 is 42.1. The first-order chi connectivity index (χ1) is 14.0. The molecule has 2 N–H and O–H groups in total. The summed E-state index contributed by atoms with van der Waals surface area (Å²) >= 11 is 0. The topological polar surface area (TPSA) is 94.1 Å². The highest BCUT2D eigenvalue weighted by atomic mass is 19.4. The Labute approximate surface area is 172 Å². The number of carbonyl (C=O) groups excluding carboxylic acids is 2. The number of nitrogens with zero attached hydrogens (tertiary/aromatic N) is 4. The Balaban J connectivity index is 1.98. The third kappa shape index (κ3) is 4.17. The first-order valence-corrected chi connectivity index (χ1v) is 9.70. The Hall–Kier alpha value is -2.91. The van der Waals surface area contributed by atoms with Gasteiger partial charge in [0.1, 0.15) is 11.9 Å². The molecule has 2 atom stereocenters. The van der Waals surface area contributed by atoms with Gasteiger partial charge in [-0.25, -0.2) is 9.67 Å². The van der Waals surface area contributed by atoms with Crippen LogP contribution in [-0.2, 0) is 4.79 Å². The first-order valence-electron chi connectivity index (χ1n) is 9.70. The average Bonchev–Trinajstić information content (AvgIpc) is 3.07. The maximum absolute atomic E-state index is 13.5. The van der Waals surface area contributed by atoms with E-state index in [9.17, 15) is 22.8 Å². The van der Waals surface area contributed by atoms with Crippen LogP contribution < -0.4 is 5.73 Å². The molecule has 162 valence electrons. The van der Waals surface area contributed by atoms with E-state index in [4.69, 9.17) is 5.73 Å². The highest BCUT2D eigenvalue weighted by Crippen LogP contribution is 2.34. The molecular formula is C20H24F3N5O2. The van der Waals surface area contributed by atoms with Gasteiger partial charge in [0.25, 0.3) is 5.91 Å². The fraction of sp³-hybridized carbons (Fsp3) is 0.500. The van der Waals surface area contributed by atoms with Gasteiger partial charge in [-0.1, -0.05) is 32.0 Å². The first kappa shape index (κ1) is 21.8. The minimum Gasteiger partial charge on any atom is -0.369 e. The van der Waals surface area contributed by atoms with Crippen LogP contribution >= 0.6 is 0 Å². The van der Waals surface area contributed by atoms with Crippen LogP contribution in [0.2, 0.25) is 0 Å². The van der Waals surface area contributed by atoms with E-state index in [1.165, 1.54) is 4.68 Å². The van der Waals surface area contributed by atoms with Crippen LogP contribution in [0.15, 0.2) is 24.3 Å². The second-order valence-electron chi connectivity index (χ2n) is 7.80. The van der Waals surface area contributed by atoms with Crippen LogP contribution in [0.1, 0.15) is 54.6 Å². The van der Waals surface area contributed by atoms with Gasteiger partial charge in [-0.05, 0) is 37.3 Å². The van der Waals surface area contributed by atoms with Crippen LogP contribution in [0.25, 0.3) is 5.69 Å². The summed E-state index contributed by atoms with van der Waals surface area (Å²) in [6.07, 6.45) is -5.04. The van der Waals surface area contributed by atoms with Crippen LogP contribution in [-0.4, -0.2) is 50.2 Å². The molecule has 3 rings (SSSR count). The van der Waals surface area contributed by atoms with Crippen LogP contribution in [0.5, 0.6) is 0 Å². The molecule has 0 bridgehead atoms. The van der Waals surface area contributed by atoms with Crippen molar-refractivity contribution >= 4 is 11.8 Å². The highest BCUT2D eigenvalue weighted by Gasteiger charge is 2.49. The van der Waals surface area contributed by atoms with Crippen molar-refractivity contribution in [2.75, 3.05) is 6.54 Å². The van der Waals surface area contributed by atoms with Gasteiger partial charge in [-0.2, -0.15) is 13.2 Å². The molecule has 1 aromatic heterocycles. The predicted molar refractivity (Wildman–Crippen MR) is 103 cm³/mol. The highest BCUT2D eigenvalue weighted by molar-refractivity contribution is 5.91. The molecule has 2 aromatic rings. The lowest BCUT2D eigenvalue weighted by molar-refractivity contribution is -0.187. The molecule has 10 heteroatoms. The summed E-state index contributed by atoms with van der Waals surface area (Å²) in [5, 5.41) is 4.22. The van der Waals surface area contributed by atoms with Crippen molar-refractivity contribution in [2.45, 2.75) is 51.7 Å². The summed E-state index contributed by atoms with van der Waals surface area (Å²) in [7, 11) is 0. The number of aromatic nitrogens is 3. The lowest BCUT2D eigenvalue weighted by Crippen LogP contribution is -2.55. The van der Waals surface area contributed by atoms with Crippen LogP contribution in [0.4, 0.5) is 13.2 Å². The standard InChI is InChI=1S/C20H24F3N5O2/c1-11(2)14-6-4-5-7-15(14)28-12(3)25-18(26-28)19(30)27-10-13(17(24)29)8-9-16(27)20(21,22)23/h4-7,11,13,16H,8-10H2,1-3H3,(H2,24,29)/t13-,16+/m1/s1. The van der Waals surface area contributed by atoms with Crippen molar-refractivity contribution in [1.82, 2.24) is 19.7 Å². The largest absolute Gasteiger partial charge is 0.408 e. The Morgan fingerprint density at radius 2 is 1.87 bits per heavy atom. The van der Waals surface area contributed by atoms with E-state index in [-0.39, 0.29) is 18.2 Å². The normalized spacial score (nSPS) is 19.9. The lowest BCUT2D eigenvalue weighted by atomic mass is 9.91. The Kier molecular flexibility index (Phi) is 5.87. The van der Waals surface area contributed by atoms with E-state index >= 15 is 0 Å². The zero-order valence-corrected chi connectivity index (χ0v) is 17.0. The summed E-state index contributed by atoms with van der Waals surface area (Å²) in [6.45, 7) is 5.23. The Morgan fingerprint density at radius 1 is 1.20 bits per heavy atom. The molecule has 1 fully saturated rings. The molecule has 1 aliphatic rings.